The van der Waals surface area contributed by atoms with Crippen molar-refractivity contribution in [2.75, 3.05) is 12.4 Å². The summed E-state index contributed by atoms with van der Waals surface area (Å²) in [6.45, 7) is 0. The van der Waals surface area contributed by atoms with Crippen LogP contribution >= 0.6 is 23.1 Å². The Morgan fingerprint density at radius 3 is 2.56 bits per heavy atom. The maximum atomic E-state index is 12.3. The highest BCUT2D eigenvalue weighted by molar-refractivity contribution is 7.07. The predicted octanol–water partition coefficient (Wildman–Crippen LogP) is 4.95. The number of nitrogens with one attached hydrogen (secondary N) is 1. The summed E-state index contributed by atoms with van der Waals surface area (Å²) in [4.78, 5) is 13.4. The van der Waals surface area contributed by atoms with Crippen molar-refractivity contribution in [1.82, 2.24) is 4.37 Å². The van der Waals surface area contributed by atoms with Crippen molar-refractivity contribution < 1.29 is 9.53 Å². The van der Waals surface area contributed by atoms with Crippen LogP contribution in [0.5, 0.6) is 5.75 Å². The van der Waals surface area contributed by atoms with Gasteiger partial charge in [0.25, 0.3) is 0 Å². The maximum absolute atomic E-state index is 12.3. The quantitative estimate of drug-likeness (QED) is 0.710. The lowest BCUT2D eigenvalue weighted by Gasteiger charge is -2.23. The zero-order valence-electron chi connectivity index (χ0n) is 13.5. The van der Waals surface area contributed by atoms with Crippen LogP contribution in [0.3, 0.4) is 0 Å². The lowest BCUT2D eigenvalue weighted by Crippen LogP contribution is -2.22. The molecule has 1 aliphatic heterocycles. The SMILES string of the molecule is COc1ccc(-c2nsc3c2NC(=O)C[C@@H]3c2ccc(Cl)cc2)cc1. The highest BCUT2D eigenvalue weighted by atomic mass is 35.5. The van der Waals surface area contributed by atoms with Crippen LogP contribution in [0.25, 0.3) is 11.3 Å². The number of nitrogens with zero attached hydrogens (tertiary/aromatic N) is 1. The molecule has 4 nitrogen and oxygen atoms in total. The number of fused-ring (bicyclic) bond motifs is 1. The van der Waals surface area contributed by atoms with Crippen LogP contribution in [-0.4, -0.2) is 17.4 Å². The van der Waals surface area contributed by atoms with Gasteiger partial charge in [-0.25, -0.2) is 0 Å². The van der Waals surface area contributed by atoms with Crippen molar-refractivity contribution in [2.45, 2.75) is 12.3 Å². The Bertz CT molecular complexity index is 920. The van der Waals surface area contributed by atoms with E-state index >= 15 is 0 Å². The molecule has 1 aromatic heterocycles. The monoisotopic (exact) mass is 370 g/mol. The topological polar surface area (TPSA) is 51.2 Å². The minimum atomic E-state index is 0.00223. The minimum absolute atomic E-state index is 0.00223. The Morgan fingerprint density at radius 1 is 1.16 bits per heavy atom. The Hall–Kier alpha value is -2.37. The van der Waals surface area contributed by atoms with Crippen LogP contribution in [0.15, 0.2) is 48.5 Å². The van der Waals surface area contributed by atoms with E-state index in [4.69, 9.17) is 16.3 Å². The van der Waals surface area contributed by atoms with E-state index in [-0.39, 0.29) is 11.8 Å². The Kier molecular flexibility index (Phi) is 4.19. The molecule has 3 aromatic rings. The smallest absolute Gasteiger partial charge is 0.225 e. The van der Waals surface area contributed by atoms with Crippen molar-refractivity contribution in [3.05, 3.63) is 64.0 Å². The molecule has 0 spiro atoms. The van der Waals surface area contributed by atoms with E-state index < -0.39 is 0 Å². The van der Waals surface area contributed by atoms with Crippen molar-refractivity contribution >= 4 is 34.7 Å². The molecule has 1 N–H and O–H groups in total. The molecule has 2 heterocycles. The molecular weight excluding hydrogens is 356 g/mol. The molecule has 0 radical (unpaired) electrons. The first-order valence-electron chi connectivity index (χ1n) is 7.85. The fourth-order valence-corrected chi connectivity index (χ4v) is 4.14. The number of anilines is 1. The summed E-state index contributed by atoms with van der Waals surface area (Å²) in [5.74, 6) is 0.795. The van der Waals surface area contributed by atoms with E-state index in [0.29, 0.717) is 11.4 Å². The van der Waals surface area contributed by atoms with Gasteiger partial charge in [-0.3, -0.25) is 4.79 Å². The molecule has 25 heavy (non-hydrogen) atoms. The first-order chi connectivity index (χ1) is 12.2. The van der Waals surface area contributed by atoms with Crippen molar-refractivity contribution in [1.29, 1.82) is 0 Å². The van der Waals surface area contributed by atoms with E-state index in [1.807, 2.05) is 48.5 Å². The van der Waals surface area contributed by atoms with Gasteiger partial charge < -0.3 is 10.1 Å². The summed E-state index contributed by atoms with van der Waals surface area (Å²) in [6, 6.07) is 15.3. The van der Waals surface area contributed by atoms with Crippen molar-refractivity contribution in [2.24, 2.45) is 0 Å². The van der Waals surface area contributed by atoms with Gasteiger partial charge in [-0.05, 0) is 53.5 Å². The number of benzene rings is 2. The number of amides is 1. The molecule has 0 unspecified atom stereocenters. The second kappa shape index (κ2) is 6.50. The Morgan fingerprint density at radius 2 is 1.88 bits per heavy atom. The van der Waals surface area contributed by atoms with Crippen LogP contribution in [-0.2, 0) is 4.79 Å². The Balaban J connectivity index is 1.76. The molecule has 2 aromatic carbocycles. The number of hydrogen-bond acceptors (Lipinski definition) is 4. The van der Waals surface area contributed by atoms with Gasteiger partial charge in [-0.2, -0.15) is 4.37 Å². The van der Waals surface area contributed by atoms with E-state index in [9.17, 15) is 4.79 Å². The zero-order chi connectivity index (χ0) is 17.4. The van der Waals surface area contributed by atoms with Gasteiger partial charge in [-0.1, -0.05) is 23.7 Å². The van der Waals surface area contributed by atoms with Gasteiger partial charge in [0.2, 0.25) is 5.91 Å². The van der Waals surface area contributed by atoms with E-state index in [0.717, 1.165) is 33.1 Å². The molecule has 1 aliphatic rings. The molecule has 1 amide bonds. The highest BCUT2D eigenvalue weighted by Crippen LogP contribution is 2.44. The molecule has 6 heteroatoms. The molecule has 0 bridgehead atoms. The number of hydrogen-bond donors (Lipinski definition) is 1. The number of rotatable bonds is 3. The summed E-state index contributed by atoms with van der Waals surface area (Å²) in [5.41, 5.74) is 3.64. The van der Waals surface area contributed by atoms with Crippen molar-refractivity contribution in [3.8, 4) is 17.0 Å². The largest absolute Gasteiger partial charge is 0.497 e. The summed E-state index contributed by atoms with van der Waals surface area (Å²) in [7, 11) is 1.64. The standard InChI is InChI=1S/C19H15ClN2O2S/c1-24-14-8-4-12(5-9-14)17-18-19(25-22-17)15(10-16(23)21-18)11-2-6-13(20)7-3-11/h2-9,15H,10H2,1H3,(H,21,23)/t15-/m1/s1. The van der Waals surface area contributed by atoms with Gasteiger partial charge in [0.05, 0.1) is 17.7 Å². The lowest BCUT2D eigenvalue weighted by atomic mass is 9.89. The normalized spacial score (nSPS) is 16.2. The molecule has 0 saturated carbocycles. The molecule has 0 saturated heterocycles. The second-order valence-corrected chi connectivity index (χ2v) is 7.10. The molecule has 126 valence electrons. The van der Waals surface area contributed by atoms with E-state index in [1.54, 1.807) is 7.11 Å². The summed E-state index contributed by atoms with van der Waals surface area (Å²) in [6.07, 6.45) is 0.416. The Labute approximate surface area is 154 Å². The first kappa shape index (κ1) is 16.1. The second-order valence-electron chi connectivity index (χ2n) is 5.86. The van der Waals surface area contributed by atoms with E-state index in [1.165, 1.54) is 11.5 Å². The molecule has 0 aliphatic carbocycles. The van der Waals surface area contributed by atoms with Gasteiger partial charge >= 0.3 is 0 Å². The third-order valence-corrected chi connectivity index (χ3v) is 5.54. The fourth-order valence-electron chi connectivity index (χ4n) is 3.04. The van der Waals surface area contributed by atoms with Crippen molar-refractivity contribution in [3.63, 3.8) is 0 Å². The first-order valence-corrected chi connectivity index (χ1v) is 9.00. The van der Waals surface area contributed by atoms with Gasteiger partial charge in [-0.15, -0.1) is 0 Å². The van der Waals surface area contributed by atoms with Gasteiger partial charge in [0.15, 0.2) is 0 Å². The third kappa shape index (κ3) is 3.01. The number of halogens is 1. The van der Waals surface area contributed by atoms with Crippen LogP contribution in [0.4, 0.5) is 5.69 Å². The van der Waals surface area contributed by atoms with Crippen LogP contribution in [0.1, 0.15) is 22.8 Å². The van der Waals surface area contributed by atoms with Gasteiger partial charge in [0, 0.05) is 22.9 Å². The van der Waals surface area contributed by atoms with Crippen LogP contribution in [0, 0.1) is 0 Å². The third-order valence-electron chi connectivity index (χ3n) is 4.32. The average Bonchev–Trinajstić information content (AvgIpc) is 3.05. The molecular formula is C19H15ClN2O2S. The molecule has 1 atom stereocenters. The highest BCUT2D eigenvalue weighted by Gasteiger charge is 2.31. The van der Waals surface area contributed by atoms with Crippen LogP contribution in [0.2, 0.25) is 5.02 Å². The number of methoxy groups -OCH3 is 1. The predicted molar refractivity (Wildman–Crippen MR) is 101 cm³/mol. The number of carbonyl (C=O) groups is 1. The maximum Gasteiger partial charge on any atom is 0.225 e. The summed E-state index contributed by atoms with van der Waals surface area (Å²) >= 11 is 7.43. The van der Waals surface area contributed by atoms with Crippen LogP contribution < -0.4 is 10.1 Å². The number of aromatic nitrogens is 1. The van der Waals surface area contributed by atoms with Gasteiger partial charge in [0.1, 0.15) is 11.4 Å². The molecule has 4 rings (SSSR count). The zero-order valence-corrected chi connectivity index (χ0v) is 15.0. The molecule has 0 fully saturated rings. The average molecular weight is 371 g/mol. The number of carbonyl (C=O) groups excluding carboxylic acids is 1. The number of ether oxygens (including phenoxy) is 1. The fraction of sp³-hybridized carbons (Fsp3) is 0.158. The summed E-state index contributed by atoms with van der Waals surface area (Å²) in [5, 5.41) is 3.69. The summed E-state index contributed by atoms with van der Waals surface area (Å²) < 4.78 is 9.81. The lowest BCUT2D eigenvalue weighted by molar-refractivity contribution is -0.116. The minimum Gasteiger partial charge on any atom is -0.497 e. The van der Waals surface area contributed by atoms with E-state index in [2.05, 4.69) is 9.69 Å².